The lowest BCUT2D eigenvalue weighted by atomic mass is 10.1. The molecular weight excluding hydrogens is 429 g/mol. The highest BCUT2D eigenvalue weighted by atomic mass is 32.1. The standard InChI is InChI=1S/C22H14FN7OS/c23-16-7-3-1-5-14(16)22-27-19(11-32-22)15-6-2-4-8-17(15)26-21(31)18-9-10-20(29-28-18)30-13-24-12-25-30/h1-13H,(H,26,31). The van der Waals surface area contributed by atoms with Gasteiger partial charge in [-0.25, -0.2) is 19.0 Å². The Labute approximate surface area is 185 Å². The molecule has 5 aromatic rings. The van der Waals surface area contributed by atoms with Crippen molar-refractivity contribution in [3.05, 3.63) is 90.2 Å². The van der Waals surface area contributed by atoms with Crippen LogP contribution in [0.4, 0.5) is 10.1 Å². The molecule has 0 unspecified atom stereocenters. The molecule has 0 atom stereocenters. The fraction of sp³-hybridized carbons (Fsp3) is 0. The molecule has 8 nitrogen and oxygen atoms in total. The quantitative estimate of drug-likeness (QED) is 0.436. The van der Waals surface area contributed by atoms with Crippen LogP contribution in [-0.2, 0) is 0 Å². The van der Waals surface area contributed by atoms with Crippen molar-refractivity contribution in [2.24, 2.45) is 0 Å². The minimum absolute atomic E-state index is 0.147. The number of hydrogen-bond acceptors (Lipinski definition) is 7. The van der Waals surface area contributed by atoms with Gasteiger partial charge in [0.1, 0.15) is 23.5 Å². The number of benzene rings is 2. The molecule has 0 saturated heterocycles. The van der Waals surface area contributed by atoms with E-state index in [0.29, 0.717) is 33.3 Å². The van der Waals surface area contributed by atoms with Gasteiger partial charge in [-0.2, -0.15) is 5.10 Å². The van der Waals surface area contributed by atoms with Crippen LogP contribution in [0.15, 0.2) is 78.7 Å². The summed E-state index contributed by atoms with van der Waals surface area (Å²) in [5.74, 6) is -0.301. The first-order valence-corrected chi connectivity index (χ1v) is 10.4. The second kappa shape index (κ2) is 8.44. The summed E-state index contributed by atoms with van der Waals surface area (Å²) in [6.45, 7) is 0. The van der Waals surface area contributed by atoms with E-state index in [1.54, 1.807) is 36.4 Å². The second-order valence-corrected chi connectivity index (χ2v) is 7.49. The number of thiazole rings is 1. The van der Waals surface area contributed by atoms with Crippen molar-refractivity contribution in [2.45, 2.75) is 0 Å². The summed E-state index contributed by atoms with van der Waals surface area (Å²) in [6, 6.07) is 16.9. The van der Waals surface area contributed by atoms with Crippen LogP contribution in [-0.4, -0.2) is 35.9 Å². The van der Waals surface area contributed by atoms with Gasteiger partial charge in [-0.15, -0.1) is 21.5 Å². The second-order valence-electron chi connectivity index (χ2n) is 6.63. The summed E-state index contributed by atoms with van der Waals surface area (Å²) >= 11 is 1.34. The highest BCUT2D eigenvalue weighted by Crippen LogP contribution is 2.33. The molecule has 0 saturated carbocycles. The zero-order chi connectivity index (χ0) is 21.9. The Bertz CT molecular complexity index is 1380. The Morgan fingerprint density at radius 1 is 0.969 bits per heavy atom. The number of amides is 1. The predicted octanol–water partition coefficient (Wildman–Crippen LogP) is 4.24. The van der Waals surface area contributed by atoms with Gasteiger partial charge in [0, 0.05) is 16.5 Å². The van der Waals surface area contributed by atoms with Gasteiger partial charge in [0.05, 0.1) is 11.4 Å². The van der Waals surface area contributed by atoms with Crippen molar-refractivity contribution in [2.75, 3.05) is 5.32 Å². The summed E-state index contributed by atoms with van der Waals surface area (Å²) in [4.78, 5) is 21.2. The Kier molecular flexibility index (Phi) is 5.18. The van der Waals surface area contributed by atoms with Crippen LogP contribution in [0.2, 0.25) is 0 Å². The molecule has 32 heavy (non-hydrogen) atoms. The van der Waals surface area contributed by atoms with E-state index in [9.17, 15) is 9.18 Å². The predicted molar refractivity (Wildman–Crippen MR) is 118 cm³/mol. The normalized spacial score (nSPS) is 10.8. The van der Waals surface area contributed by atoms with Crippen molar-refractivity contribution in [1.29, 1.82) is 0 Å². The van der Waals surface area contributed by atoms with Crippen molar-refractivity contribution >= 4 is 22.9 Å². The number of nitrogens with zero attached hydrogens (tertiary/aromatic N) is 6. The average molecular weight is 443 g/mol. The molecule has 0 aliphatic carbocycles. The van der Waals surface area contributed by atoms with Crippen molar-refractivity contribution in [3.8, 4) is 27.6 Å². The monoisotopic (exact) mass is 443 g/mol. The fourth-order valence-electron chi connectivity index (χ4n) is 3.05. The number of hydrogen-bond donors (Lipinski definition) is 1. The van der Waals surface area contributed by atoms with Crippen molar-refractivity contribution in [3.63, 3.8) is 0 Å². The van der Waals surface area contributed by atoms with Crippen LogP contribution in [0, 0.1) is 5.82 Å². The number of nitrogens with one attached hydrogen (secondary N) is 1. The molecule has 3 aromatic heterocycles. The molecule has 156 valence electrons. The van der Waals surface area contributed by atoms with Gasteiger partial charge >= 0.3 is 0 Å². The van der Waals surface area contributed by atoms with E-state index in [2.05, 4.69) is 30.6 Å². The Morgan fingerprint density at radius 2 is 1.78 bits per heavy atom. The zero-order valence-electron chi connectivity index (χ0n) is 16.4. The molecule has 0 aliphatic heterocycles. The number of carbonyl (C=O) groups excluding carboxylic acids is 1. The van der Waals surface area contributed by atoms with E-state index in [4.69, 9.17) is 0 Å². The molecule has 1 N–H and O–H groups in total. The topological polar surface area (TPSA) is 98.5 Å². The summed E-state index contributed by atoms with van der Waals surface area (Å²) < 4.78 is 15.6. The van der Waals surface area contributed by atoms with Crippen LogP contribution in [0.5, 0.6) is 0 Å². The molecule has 5 rings (SSSR count). The lowest BCUT2D eigenvalue weighted by molar-refractivity contribution is 0.102. The SMILES string of the molecule is O=C(Nc1ccccc1-c1csc(-c2ccccc2F)n1)c1ccc(-n2cncn2)nn1. The van der Waals surface area contributed by atoms with Gasteiger partial charge in [0.25, 0.3) is 5.91 Å². The number of halogens is 1. The molecule has 0 spiro atoms. The van der Waals surface area contributed by atoms with Crippen LogP contribution in [0.25, 0.3) is 27.6 Å². The van der Waals surface area contributed by atoms with Gasteiger partial charge < -0.3 is 5.32 Å². The van der Waals surface area contributed by atoms with E-state index in [1.807, 2.05) is 23.6 Å². The van der Waals surface area contributed by atoms with Crippen LogP contribution in [0.1, 0.15) is 10.5 Å². The van der Waals surface area contributed by atoms with Crippen LogP contribution < -0.4 is 5.32 Å². The smallest absolute Gasteiger partial charge is 0.276 e. The first kappa shape index (κ1) is 19.6. The van der Waals surface area contributed by atoms with Gasteiger partial charge in [-0.3, -0.25) is 4.79 Å². The summed E-state index contributed by atoms with van der Waals surface area (Å²) in [5.41, 5.74) is 2.50. The first-order valence-electron chi connectivity index (χ1n) is 9.49. The van der Waals surface area contributed by atoms with Gasteiger partial charge in [-0.05, 0) is 30.3 Å². The van der Waals surface area contributed by atoms with Gasteiger partial charge in [0.2, 0.25) is 0 Å². The Balaban J connectivity index is 1.40. The maximum absolute atomic E-state index is 14.1. The largest absolute Gasteiger partial charge is 0.320 e. The average Bonchev–Trinajstić information content (AvgIpc) is 3.53. The minimum atomic E-state index is -0.417. The molecule has 0 radical (unpaired) electrons. The number of rotatable bonds is 5. The summed E-state index contributed by atoms with van der Waals surface area (Å²) in [6.07, 6.45) is 2.87. The zero-order valence-corrected chi connectivity index (χ0v) is 17.2. The van der Waals surface area contributed by atoms with Crippen molar-refractivity contribution < 1.29 is 9.18 Å². The number of para-hydroxylation sites is 1. The van der Waals surface area contributed by atoms with E-state index in [0.717, 1.165) is 0 Å². The highest BCUT2D eigenvalue weighted by molar-refractivity contribution is 7.13. The Morgan fingerprint density at radius 3 is 2.53 bits per heavy atom. The highest BCUT2D eigenvalue weighted by Gasteiger charge is 2.15. The number of carbonyl (C=O) groups is 1. The van der Waals surface area contributed by atoms with E-state index < -0.39 is 5.91 Å². The maximum atomic E-state index is 14.1. The number of anilines is 1. The lowest BCUT2D eigenvalue weighted by Gasteiger charge is -2.09. The van der Waals surface area contributed by atoms with Gasteiger partial charge in [0.15, 0.2) is 11.5 Å². The molecule has 3 heterocycles. The van der Waals surface area contributed by atoms with E-state index in [1.165, 1.54) is 34.7 Å². The maximum Gasteiger partial charge on any atom is 0.276 e. The molecule has 0 aliphatic rings. The van der Waals surface area contributed by atoms with Crippen LogP contribution in [0.3, 0.4) is 0 Å². The van der Waals surface area contributed by atoms with E-state index >= 15 is 0 Å². The molecular formula is C22H14FN7OS. The molecule has 2 aromatic carbocycles. The third-order valence-corrected chi connectivity index (χ3v) is 5.47. The molecule has 1 amide bonds. The van der Waals surface area contributed by atoms with Gasteiger partial charge in [-0.1, -0.05) is 30.3 Å². The minimum Gasteiger partial charge on any atom is -0.320 e. The third-order valence-electron chi connectivity index (χ3n) is 4.60. The number of aromatic nitrogens is 6. The van der Waals surface area contributed by atoms with Crippen LogP contribution >= 0.6 is 11.3 Å². The first-order chi connectivity index (χ1) is 15.7. The Hall–Kier alpha value is -4.31. The fourth-order valence-corrected chi connectivity index (χ4v) is 3.90. The van der Waals surface area contributed by atoms with E-state index in [-0.39, 0.29) is 11.5 Å². The molecule has 10 heteroatoms. The van der Waals surface area contributed by atoms with Crippen molar-refractivity contribution in [1.82, 2.24) is 29.9 Å². The summed E-state index contributed by atoms with van der Waals surface area (Å²) in [5, 5.41) is 17.2. The third kappa shape index (κ3) is 3.86. The summed E-state index contributed by atoms with van der Waals surface area (Å²) in [7, 11) is 0. The molecule has 0 bridgehead atoms. The molecule has 0 fully saturated rings. The lowest BCUT2D eigenvalue weighted by Crippen LogP contribution is -2.15.